The Morgan fingerprint density at radius 2 is 1.27 bits per heavy atom. The summed E-state index contributed by atoms with van der Waals surface area (Å²) in [6.45, 7) is 0. The second kappa shape index (κ2) is 11.0. The summed E-state index contributed by atoms with van der Waals surface area (Å²) in [5.41, 5.74) is 4.09. The van der Waals surface area contributed by atoms with Crippen molar-refractivity contribution < 1.29 is 0 Å². The average Bonchev–Trinajstić information content (AvgIpc) is 3.60. The van der Waals surface area contributed by atoms with Gasteiger partial charge in [-0.3, -0.25) is 0 Å². The molecule has 0 fully saturated rings. The van der Waals surface area contributed by atoms with E-state index in [2.05, 4.69) is 80.6 Å². The normalized spacial score (nSPS) is 14.6. The van der Waals surface area contributed by atoms with Crippen molar-refractivity contribution in [2.75, 3.05) is 0 Å². The molecule has 1 aliphatic heterocycles. The molecule has 1 unspecified atom stereocenters. The van der Waals surface area contributed by atoms with E-state index in [1.807, 2.05) is 54.6 Å². The molecule has 0 N–H and O–H groups in total. The molecule has 0 saturated carbocycles. The minimum atomic E-state index is -0.740. The second-order valence-corrected chi connectivity index (χ2v) is 14.0. The van der Waals surface area contributed by atoms with Crippen LogP contribution in [0.15, 0.2) is 128 Å². The number of fused-ring (bicyclic) bond motifs is 2. The van der Waals surface area contributed by atoms with Crippen LogP contribution in [0.3, 0.4) is 0 Å². The maximum absolute atomic E-state index is 4.81. The topological polar surface area (TPSA) is 68.1 Å². The minimum absolute atomic E-state index is 0.119. The first-order valence-electron chi connectivity index (χ1n) is 12.1. The van der Waals surface area contributed by atoms with Gasteiger partial charge in [0.25, 0.3) is 0 Å². The van der Waals surface area contributed by atoms with Gasteiger partial charge in [-0.2, -0.15) is 0 Å². The van der Waals surface area contributed by atoms with E-state index in [4.69, 9.17) is 5.32 Å². The molecule has 0 bridgehead atoms. The zero-order chi connectivity index (χ0) is 24.9. The number of allylic oxidation sites excluding steroid dienone is 2. The Bertz CT molecular complexity index is 1580. The van der Waals surface area contributed by atoms with Crippen LogP contribution in [0, 0.1) is 0 Å². The Morgan fingerprint density at radius 1 is 0.649 bits per heavy atom. The Hall–Kier alpha value is -3.98. The second-order valence-electron chi connectivity index (χ2n) is 8.52. The summed E-state index contributed by atoms with van der Waals surface area (Å²) in [4.78, 5) is 17.7. The SMILES string of the molecule is C1=CC(c2cc3cccnc3[n-]2)[N-]C(c2cc3cccnc3[n-]2)=C1.c1cc[c]([Pb][c]2ccccc2)cc1. The van der Waals surface area contributed by atoms with Crippen LogP contribution in [0.2, 0.25) is 0 Å². The van der Waals surface area contributed by atoms with Crippen molar-refractivity contribution in [3.63, 3.8) is 0 Å². The van der Waals surface area contributed by atoms with E-state index < -0.39 is 24.2 Å². The molecule has 6 heteroatoms. The Kier molecular flexibility index (Phi) is 6.94. The van der Waals surface area contributed by atoms with Crippen molar-refractivity contribution in [3.8, 4) is 0 Å². The number of hydrogen-bond acceptors (Lipinski definition) is 2. The monoisotopic (exact) mass is 672 g/mol. The summed E-state index contributed by atoms with van der Waals surface area (Å²) in [6, 6.07) is 33.5. The van der Waals surface area contributed by atoms with Gasteiger partial charge in [-0.05, 0) is 10.8 Å². The van der Waals surface area contributed by atoms with Crippen LogP contribution in [0.5, 0.6) is 0 Å². The summed E-state index contributed by atoms with van der Waals surface area (Å²) in [7, 11) is 0. The Balaban J connectivity index is 0.000000164. The molecule has 0 saturated heterocycles. The van der Waals surface area contributed by atoms with Gasteiger partial charge in [0, 0.05) is 0 Å². The first kappa shape index (κ1) is 23.4. The van der Waals surface area contributed by atoms with E-state index in [-0.39, 0.29) is 6.04 Å². The number of rotatable bonds is 4. The van der Waals surface area contributed by atoms with Crippen LogP contribution in [0.1, 0.15) is 17.4 Å². The number of aromatic nitrogens is 4. The fourth-order valence-corrected chi connectivity index (χ4v) is 8.22. The number of nitrogens with zero attached hydrogens (tertiary/aromatic N) is 5. The molecule has 1 atom stereocenters. The molecule has 5 nitrogen and oxygen atoms in total. The van der Waals surface area contributed by atoms with E-state index in [0.717, 1.165) is 39.2 Å². The molecule has 0 amide bonds. The van der Waals surface area contributed by atoms with Crippen molar-refractivity contribution in [2.45, 2.75) is 6.04 Å². The Labute approximate surface area is 227 Å². The summed E-state index contributed by atoms with van der Waals surface area (Å²) in [5.74, 6) is 0. The molecule has 2 radical (unpaired) electrons. The van der Waals surface area contributed by atoms with Gasteiger partial charge >= 0.3 is 91.1 Å². The van der Waals surface area contributed by atoms with Crippen LogP contribution >= 0.6 is 0 Å². The Morgan fingerprint density at radius 3 is 1.89 bits per heavy atom. The standard InChI is InChI=1S/C19H12N5.2C6H5.Pb/c1-6-14(16-10-12-4-2-8-20-18(12)23-16)22-15(7-1)17-11-13-5-3-9-21-19(13)24-17;2*1-2-4-6-5-3-1;/h1-11,14H;2*1-5H;/q-3;;;. The fourth-order valence-electron chi connectivity index (χ4n) is 4.13. The third-order valence-corrected chi connectivity index (χ3v) is 10.8. The number of pyridine rings is 2. The van der Waals surface area contributed by atoms with Gasteiger partial charge in [0.15, 0.2) is 0 Å². The maximum atomic E-state index is 4.81. The number of hydrogen-bond donors (Lipinski definition) is 0. The quantitative estimate of drug-likeness (QED) is 0.246. The summed E-state index contributed by atoms with van der Waals surface area (Å²) < 4.78 is 3.13. The van der Waals surface area contributed by atoms with Crippen LogP contribution < -0.4 is 16.2 Å². The van der Waals surface area contributed by atoms with E-state index in [9.17, 15) is 0 Å². The van der Waals surface area contributed by atoms with Gasteiger partial charge in [0.2, 0.25) is 0 Å². The number of benzene rings is 2. The molecule has 7 rings (SSSR count). The van der Waals surface area contributed by atoms with E-state index in [1.54, 1.807) is 18.6 Å². The predicted molar refractivity (Wildman–Crippen MR) is 151 cm³/mol. The average molecular weight is 672 g/mol. The van der Waals surface area contributed by atoms with Crippen LogP contribution in [0.4, 0.5) is 0 Å². The van der Waals surface area contributed by atoms with Crippen molar-refractivity contribution >= 4 is 58.2 Å². The van der Waals surface area contributed by atoms with Crippen molar-refractivity contribution in [2.24, 2.45) is 0 Å². The molecule has 5 heterocycles. The van der Waals surface area contributed by atoms with Crippen LogP contribution in [-0.2, 0) is 0 Å². The van der Waals surface area contributed by atoms with Gasteiger partial charge < -0.3 is 25.3 Å². The molecule has 2 aromatic carbocycles. The summed E-state index contributed by atoms with van der Waals surface area (Å²) >= 11 is -0.740. The zero-order valence-corrected chi connectivity index (χ0v) is 23.8. The van der Waals surface area contributed by atoms with Gasteiger partial charge in [0.1, 0.15) is 0 Å². The van der Waals surface area contributed by atoms with Crippen molar-refractivity contribution in [1.82, 2.24) is 19.9 Å². The molecular weight excluding hydrogens is 650 g/mol. The van der Waals surface area contributed by atoms with Crippen molar-refractivity contribution in [3.05, 3.63) is 144 Å². The van der Waals surface area contributed by atoms with E-state index in [1.165, 1.54) is 0 Å². The molecule has 1 aliphatic rings. The van der Waals surface area contributed by atoms with Crippen molar-refractivity contribution in [1.29, 1.82) is 0 Å². The van der Waals surface area contributed by atoms with Crippen LogP contribution in [0.25, 0.3) is 33.1 Å². The fraction of sp³-hybridized carbons (Fsp3) is 0.0323. The first-order valence-corrected chi connectivity index (χ1v) is 15.9. The van der Waals surface area contributed by atoms with E-state index >= 15 is 0 Å². The summed E-state index contributed by atoms with van der Waals surface area (Å²) in [6.07, 6.45) is 9.52. The van der Waals surface area contributed by atoms with E-state index in [0.29, 0.717) is 0 Å². The van der Waals surface area contributed by atoms with Gasteiger partial charge in [-0.1, -0.05) is 95.7 Å². The third kappa shape index (κ3) is 5.56. The van der Waals surface area contributed by atoms with Gasteiger partial charge in [-0.25, -0.2) is 0 Å². The molecule has 0 aliphatic carbocycles. The van der Waals surface area contributed by atoms with Crippen LogP contribution in [-0.4, -0.2) is 34.2 Å². The summed E-state index contributed by atoms with van der Waals surface area (Å²) in [5, 5.41) is 6.87. The molecule has 178 valence electrons. The third-order valence-electron chi connectivity index (χ3n) is 5.92. The molecule has 0 spiro atoms. The predicted octanol–water partition coefficient (Wildman–Crippen LogP) is 5.06. The first-order chi connectivity index (χ1) is 18.3. The zero-order valence-electron chi connectivity index (χ0n) is 19.9. The molecule has 4 aromatic heterocycles. The molecule has 37 heavy (non-hydrogen) atoms. The molecular formula is C31H22N5Pb-3. The molecule has 6 aromatic rings. The van der Waals surface area contributed by atoms with Gasteiger partial charge in [-0.15, -0.1) is 5.70 Å². The van der Waals surface area contributed by atoms with Gasteiger partial charge in [0.05, 0.1) is 0 Å².